The van der Waals surface area contributed by atoms with Crippen molar-refractivity contribution in [2.75, 3.05) is 6.61 Å². The van der Waals surface area contributed by atoms with E-state index < -0.39 is 10.1 Å². The molecule has 0 aliphatic rings. The highest BCUT2D eigenvalue weighted by atomic mass is 79.9. The number of hydrogen-bond donors (Lipinski definition) is 0. The molecular weight excluding hydrogens is 448 g/mol. The van der Waals surface area contributed by atoms with Gasteiger partial charge >= 0.3 is 10.1 Å². The molecule has 0 radical (unpaired) electrons. The van der Waals surface area contributed by atoms with E-state index in [1.54, 1.807) is 37.4 Å². The third-order valence-electron chi connectivity index (χ3n) is 3.58. The van der Waals surface area contributed by atoms with Crippen molar-refractivity contribution in [1.82, 2.24) is 14.9 Å². The third kappa shape index (κ3) is 4.76. The van der Waals surface area contributed by atoms with Gasteiger partial charge in [-0.2, -0.15) is 13.5 Å². The van der Waals surface area contributed by atoms with Crippen LogP contribution in [0.4, 0.5) is 0 Å². The summed E-state index contributed by atoms with van der Waals surface area (Å²) >= 11 is 3.36. The molecule has 1 heterocycles. The van der Waals surface area contributed by atoms with Gasteiger partial charge in [0.2, 0.25) is 0 Å². The molecule has 146 valence electrons. The molecule has 10 heteroatoms. The quantitative estimate of drug-likeness (QED) is 0.392. The highest BCUT2D eigenvalue weighted by molar-refractivity contribution is 9.10. The summed E-state index contributed by atoms with van der Waals surface area (Å²) in [6.07, 6.45) is 4.45. The fraction of sp³-hybridized carbons (Fsp3) is 0.167. The number of benzene rings is 2. The second kappa shape index (κ2) is 8.53. The van der Waals surface area contributed by atoms with Gasteiger partial charge in [0.25, 0.3) is 0 Å². The molecule has 0 spiro atoms. The van der Waals surface area contributed by atoms with Crippen LogP contribution in [0.1, 0.15) is 18.1 Å². The Morgan fingerprint density at radius 2 is 1.86 bits per heavy atom. The van der Waals surface area contributed by atoms with Gasteiger partial charge in [-0.15, -0.1) is 10.2 Å². The molecule has 0 fully saturated rings. The van der Waals surface area contributed by atoms with Gasteiger partial charge in [-0.05, 0) is 59.6 Å². The Morgan fingerprint density at radius 3 is 2.50 bits per heavy atom. The lowest BCUT2D eigenvalue weighted by atomic mass is 10.2. The maximum Gasteiger partial charge on any atom is 0.339 e. The van der Waals surface area contributed by atoms with Crippen LogP contribution >= 0.6 is 15.9 Å². The number of hydrogen-bond acceptors (Lipinski definition) is 7. The van der Waals surface area contributed by atoms with E-state index in [1.165, 1.54) is 29.5 Å². The molecule has 0 aliphatic carbocycles. The van der Waals surface area contributed by atoms with Crippen LogP contribution in [0.5, 0.6) is 11.5 Å². The number of halogens is 1. The predicted molar refractivity (Wildman–Crippen MR) is 107 cm³/mol. The smallest absolute Gasteiger partial charge is 0.339 e. The highest BCUT2D eigenvalue weighted by Gasteiger charge is 2.22. The Labute approximate surface area is 171 Å². The predicted octanol–water partition coefficient (Wildman–Crippen LogP) is 3.40. The topological polar surface area (TPSA) is 95.7 Å². The summed E-state index contributed by atoms with van der Waals surface area (Å²) in [4.78, 5) is 0.0608. The van der Waals surface area contributed by atoms with Crippen molar-refractivity contribution in [1.29, 1.82) is 0 Å². The lowest BCUT2D eigenvalue weighted by molar-refractivity contribution is 0.327. The molecule has 0 saturated carbocycles. The number of aromatic nitrogens is 3. The first-order chi connectivity index (χ1) is 13.4. The average Bonchev–Trinajstić information content (AvgIpc) is 3.17. The van der Waals surface area contributed by atoms with Crippen molar-refractivity contribution in [3.05, 3.63) is 64.7 Å². The van der Waals surface area contributed by atoms with Crippen LogP contribution in [0.25, 0.3) is 0 Å². The molecule has 0 unspecified atom stereocenters. The standard InChI is InChI=1S/C18H17BrN4O4S/c1-3-26-17-9-14(10-22-23-11-20-21-12-23)8-16(19)18(17)27-28(24,25)15-6-4-13(2)5-7-15/h4-12H,3H2,1-2H3/b22-10+. The number of aryl methyl sites for hydroxylation is 1. The summed E-state index contributed by atoms with van der Waals surface area (Å²) in [5.74, 6) is 0.349. The van der Waals surface area contributed by atoms with E-state index in [1.807, 2.05) is 6.92 Å². The minimum Gasteiger partial charge on any atom is -0.490 e. The molecule has 1 aromatic heterocycles. The second-order valence-electron chi connectivity index (χ2n) is 5.70. The van der Waals surface area contributed by atoms with Crippen molar-refractivity contribution in [2.45, 2.75) is 18.7 Å². The summed E-state index contributed by atoms with van der Waals surface area (Å²) in [5.41, 5.74) is 1.62. The number of ether oxygens (including phenoxy) is 1. The van der Waals surface area contributed by atoms with E-state index in [9.17, 15) is 8.42 Å². The maximum atomic E-state index is 12.6. The minimum absolute atomic E-state index is 0.0608. The van der Waals surface area contributed by atoms with E-state index in [0.717, 1.165) is 5.56 Å². The molecule has 0 bridgehead atoms. The molecular formula is C18H17BrN4O4S. The van der Waals surface area contributed by atoms with E-state index >= 15 is 0 Å². The van der Waals surface area contributed by atoms with Crippen LogP contribution in [0.3, 0.4) is 0 Å². The lowest BCUT2D eigenvalue weighted by Crippen LogP contribution is -2.11. The first-order valence-corrected chi connectivity index (χ1v) is 10.5. The van der Waals surface area contributed by atoms with Crippen molar-refractivity contribution in [3.8, 4) is 11.5 Å². The van der Waals surface area contributed by atoms with Crippen LogP contribution in [0.2, 0.25) is 0 Å². The summed E-state index contributed by atoms with van der Waals surface area (Å²) in [6, 6.07) is 9.73. The minimum atomic E-state index is -4.02. The van der Waals surface area contributed by atoms with E-state index in [4.69, 9.17) is 8.92 Å². The van der Waals surface area contributed by atoms with Gasteiger partial charge in [-0.25, -0.2) is 4.68 Å². The van der Waals surface area contributed by atoms with Crippen LogP contribution < -0.4 is 8.92 Å². The summed E-state index contributed by atoms with van der Waals surface area (Å²) in [7, 11) is -4.02. The Bertz CT molecular complexity index is 1080. The molecule has 8 nitrogen and oxygen atoms in total. The van der Waals surface area contributed by atoms with Crippen LogP contribution in [0.15, 0.2) is 63.5 Å². The number of rotatable bonds is 7. The average molecular weight is 465 g/mol. The SMILES string of the molecule is CCOc1cc(/C=N/n2cnnc2)cc(Br)c1OS(=O)(=O)c1ccc(C)cc1. The van der Waals surface area contributed by atoms with Crippen molar-refractivity contribution >= 4 is 32.3 Å². The first kappa shape index (κ1) is 20.0. The molecule has 3 rings (SSSR count). The fourth-order valence-corrected chi connectivity index (χ4v) is 3.86. The van der Waals surface area contributed by atoms with Gasteiger partial charge in [-0.3, -0.25) is 0 Å². The van der Waals surface area contributed by atoms with Gasteiger partial charge in [-0.1, -0.05) is 17.7 Å². The first-order valence-electron chi connectivity index (χ1n) is 8.25. The van der Waals surface area contributed by atoms with Gasteiger partial charge in [0.1, 0.15) is 17.6 Å². The largest absolute Gasteiger partial charge is 0.490 e. The molecule has 2 aromatic carbocycles. The molecule has 0 aliphatic heterocycles. The van der Waals surface area contributed by atoms with E-state index in [2.05, 4.69) is 31.2 Å². The van der Waals surface area contributed by atoms with E-state index in [0.29, 0.717) is 16.6 Å². The molecule has 0 N–H and O–H groups in total. The van der Waals surface area contributed by atoms with Crippen molar-refractivity contribution in [2.24, 2.45) is 5.10 Å². The zero-order chi connectivity index (χ0) is 20.1. The summed E-state index contributed by atoms with van der Waals surface area (Å²) < 4.78 is 38.1. The Balaban J connectivity index is 1.94. The lowest BCUT2D eigenvalue weighted by Gasteiger charge is -2.14. The zero-order valence-corrected chi connectivity index (χ0v) is 17.5. The Kier molecular flexibility index (Phi) is 6.10. The second-order valence-corrected chi connectivity index (χ2v) is 8.10. The van der Waals surface area contributed by atoms with Crippen LogP contribution in [0, 0.1) is 6.92 Å². The normalized spacial score (nSPS) is 11.7. The van der Waals surface area contributed by atoms with Crippen molar-refractivity contribution < 1.29 is 17.3 Å². The summed E-state index contributed by atoms with van der Waals surface area (Å²) in [6.45, 7) is 4.00. The Morgan fingerprint density at radius 1 is 1.18 bits per heavy atom. The molecule has 0 amide bonds. The monoisotopic (exact) mass is 464 g/mol. The van der Waals surface area contributed by atoms with Crippen molar-refractivity contribution in [3.63, 3.8) is 0 Å². The van der Waals surface area contributed by atoms with Gasteiger partial charge in [0.15, 0.2) is 11.5 Å². The molecule has 0 atom stereocenters. The fourth-order valence-electron chi connectivity index (χ4n) is 2.26. The third-order valence-corrected chi connectivity index (χ3v) is 5.41. The Hall–Kier alpha value is -2.72. The van der Waals surface area contributed by atoms with E-state index in [-0.39, 0.29) is 16.4 Å². The zero-order valence-electron chi connectivity index (χ0n) is 15.1. The van der Waals surface area contributed by atoms with Crippen LogP contribution in [-0.2, 0) is 10.1 Å². The highest BCUT2D eigenvalue weighted by Crippen LogP contribution is 2.38. The molecule has 0 saturated heterocycles. The van der Waals surface area contributed by atoms with Gasteiger partial charge in [0, 0.05) is 0 Å². The summed E-state index contributed by atoms with van der Waals surface area (Å²) in [5, 5.41) is 11.5. The maximum absolute atomic E-state index is 12.6. The molecule has 3 aromatic rings. The molecule has 28 heavy (non-hydrogen) atoms. The van der Waals surface area contributed by atoms with Gasteiger partial charge < -0.3 is 8.92 Å². The number of nitrogens with zero attached hydrogens (tertiary/aromatic N) is 4. The van der Waals surface area contributed by atoms with Crippen LogP contribution in [-0.4, -0.2) is 36.1 Å². The van der Waals surface area contributed by atoms with Gasteiger partial charge in [0.05, 0.1) is 17.3 Å².